The van der Waals surface area contributed by atoms with E-state index in [2.05, 4.69) is 42.0 Å². The zero-order valence-electron chi connectivity index (χ0n) is 36.4. The zero-order valence-corrected chi connectivity index (χ0v) is 38.0. The number of rotatable bonds is 26. The van der Waals surface area contributed by atoms with E-state index in [0.717, 1.165) is 66.3 Å². The summed E-state index contributed by atoms with van der Waals surface area (Å²) in [6, 6.07) is 1.53. The van der Waals surface area contributed by atoms with E-state index in [1.807, 2.05) is 24.0 Å². The third-order valence-electron chi connectivity index (χ3n) is 11.9. The molecule has 3 aromatic heterocycles. The Balaban J connectivity index is 0.631. The molecule has 5 amide bonds. The predicted octanol–water partition coefficient (Wildman–Crippen LogP) is 1.94. The summed E-state index contributed by atoms with van der Waals surface area (Å²) in [5.74, 6) is 0.609. The molecule has 2 aliphatic heterocycles. The summed E-state index contributed by atoms with van der Waals surface area (Å²) in [4.78, 5) is 73.4. The SMILES string of the molecule is Cn1ncc(-c2nc(NC3CCC(CNCC(=O)NCCOCCOCCOCCNCC(=O)NCc4cc5c(s4)C(=O)N(C4CCC(=O)NC4=O)C5)CC3)ncc2Cl)c1CC1CC1. The molecule has 3 fully saturated rings. The average Bonchev–Trinajstić information content (AvgIpc) is 3.80. The molecule has 7 rings (SSSR count). The van der Waals surface area contributed by atoms with E-state index in [-0.39, 0.29) is 49.2 Å². The Labute approximate surface area is 381 Å². The number of carbonyl (C=O) groups excluding carboxylic acids is 5. The van der Waals surface area contributed by atoms with Crippen molar-refractivity contribution in [3.8, 4) is 11.3 Å². The van der Waals surface area contributed by atoms with Gasteiger partial charge in [0.1, 0.15) is 6.04 Å². The van der Waals surface area contributed by atoms with Gasteiger partial charge in [-0.2, -0.15) is 5.10 Å². The number of nitrogens with zero attached hydrogens (tertiary/aromatic N) is 5. The van der Waals surface area contributed by atoms with Crippen molar-refractivity contribution in [3.63, 3.8) is 0 Å². The lowest BCUT2D eigenvalue weighted by Crippen LogP contribution is -2.52. The molecule has 1 saturated heterocycles. The molecule has 2 aliphatic carbocycles. The molecule has 6 N–H and O–H groups in total. The molecule has 0 bridgehead atoms. The van der Waals surface area contributed by atoms with Crippen LogP contribution in [0, 0.1) is 11.8 Å². The molecule has 2 saturated carbocycles. The quantitative estimate of drug-likeness (QED) is 0.0500. The highest BCUT2D eigenvalue weighted by Crippen LogP contribution is 2.37. The van der Waals surface area contributed by atoms with Crippen LogP contribution in [0.25, 0.3) is 11.3 Å². The van der Waals surface area contributed by atoms with Crippen molar-refractivity contribution >= 4 is 58.4 Å². The Kier molecular flexibility index (Phi) is 17.5. The van der Waals surface area contributed by atoms with Crippen molar-refractivity contribution in [2.75, 3.05) is 77.7 Å². The van der Waals surface area contributed by atoms with E-state index in [1.54, 1.807) is 6.20 Å². The zero-order chi connectivity index (χ0) is 44.8. The summed E-state index contributed by atoms with van der Waals surface area (Å²) < 4.78 is 18.6. The number of anilines is 1. The van der Waals surface area contributed by atoms with E-state index in [4.69, 9.17) is 30.8 Å². The monoisotopic (exact) mass is 925 g/mol. The number of amides is 5. The number of aryl methyl sites for hydroxylation is 1. The number of fused-ring (bicyclic) bond motifs is 1. The Bertz CT molecular complexity index is 2090. The van der Waals surface area contributed by atoms with Gasteiger partial charge in [-0.1, -0.05) is 11.6 Å². The largest absolute Gasteiger partial charge is 0.378 e. The fourth-order valence-electron chi connectivity index (χ4n) is 8.16. The Morgan fingerprint density at radius 2 is 1.58 bits per heavy atom. The van der Waals surface area contributed by atoms with Crippen LogP contribution in [0.1, 0.15) is 77.2 Å². The van der Waals surface area contributed by atoms with Gasteiger partial charge in [0.05, 0.1) is 87.3 Å². The summed E-state index contributed by atoms with van der Waals surface area (Å²) >= 11 is 7.87. The normalized spacial score (nSPS) is 19.8. The Hall–Kier alpha value is -4.57. The van der Waals surface area contributed by atoms with Crippen molar-refractivity contribution < 1.29 is 38.2 Å². The van der Waals surface area contributed by atoms with Crippen LogP contribution in [-0.2, 0) is 59.9 Å². The van der Waals surface area contributed by atoms with Crippen LogP contribution in [0.2, 0.25) is 5.02 Å². The molecule has 4 aliphatic rings. The maximum Gasteiger partial charge on any atom is 0.265 e. The number of carbonyl (C=O) groups is 5. The lowest BCUT2D eigenvalue weighted by atomic mass is 9.86. The first kappa shape index (κ1) is 47.4. The van der Waals surface area contributed by atoms with Gasteiger partial charge in [-0.15, -0.1) is 11.3 Å². The topological polar surface area (TPSA) is 232 Å². The maximum atomic E-state index is 12.9. The highest BCUT2D eigenvalue weighted by molar-refractivity contribution is 7.14. The molecule has 64 heavy (non-hydrogen) atoms. The highest BCUT2D eigenvalue weighted by atomic mass is 35.5. The molecule has 5 heterocycles. The van der Waals surface area contributed by atoms with Crippen molar-refractivity contribution in [2.24, 2.45) is 18.9 Å². The summed E-state index contributed by atoms with van der Waals surface area (Å²) in [5, 5.41) is 22.9. The minimum Gasteiger partial charge on any atom is -0.378 e. The first-order valence-corrected chi connectivity index (χ1v) is 23.5. The first-order valence-electron chi connectivity index (χ1n) is 22.4. The van der Waals surface area contributed by atoms with Crippen LogP contribution in [0.15, 0.2) is 18.5 Å². The number of hydrogen-bond acceptors (Lipinski definition) is 15. The minimum absolute atomic E-state index is 0.0603. The van der Waals surface area contributed by atoms with Crippen LogP contribution >= 0.6 is 22.9 Å². The van der Waals surface area contributed by atoms with Crippen LogP contribution < -0.4 is 31.9 Å². The summed E-state index contributed by atoms with van der Waals surface area (Å²) in [6.45, 7) is 5.16. The molecule has 3 aromatic rings. The molecular formula is C43H60ClN11O8S. The minimum atomic E-state index is -0.639. The fourth-order valence-corrected chi connectivity index (χ4v) is 9.42. The lowest BCUT2D eigenvalue weighted by Gasteiger charge is -2.29. The summed E-state index contributed by atoms with van der Waals surface area (Å²) in [7, 11) is 1.97. The lowest BCUT2D eigenvalue weighted by molar-refractivity contribution is -0.137. The molecule has 1 atom stereocenters. The second-order valence-electron chi connectivity index (χ2n) is 16.8. The van der Waals surface area contributed by atoms with Gasteiger partial charge < -0.3 is 45.7 Å². The molecule has 19 nitrogen and oxygen atoms in total. The number of imide groups is 1. The van der Waals surface area contributed by atoms with Gasteiger partial charge >= 0.3 is 0 Å². The molecule has 0 aromatic carbocycles. The first-order chi connectivity index (χ1) is 31.1. The van der Waals surface area contributed by atoms with E-state index in [9.17, 15) is 24.0 Å². The second kappa shape index (κ2) is 23.6. The second-order valence-corrected chi connectivity index (χ2v) is 18.3. The maximum absolute atomic E-state index is 12.9. The van der Waals surface area contributed by atoms with Crippen LogP contribution in [-0.4, -0.2) is 139 Å². The average molecular weight is 927 g/mol. The molecule has 1 unspecified atom stereocenters. The number of ether oxygens (including phenoxy) is 3. The number of thiophene rings is 1. The highest BCUT2D eigenvalue weighted by Gasteiger charge is 2.40. The fraction of sp³-hybridized carbons (Fsp3) is 0.628. The van der Waals surface area contributed by atoms with Crippen molar-refractivity contribution in [1.82, 2.24) is 51.2 Å². The molecule has 348 valence electrons. The van der Waals surface area contributed by atoms with Gasteiger partial charge in [-0.05, 0) is 81.4 Å². The predicted molar refractivity (Wildman–Crippen MR) is 238 cm³/mol. The third kappa shape index (κ3) is 13.7. The van der Waals surface area contributed by atoms with E-state index in [1.165, 1.54) is 34.8 Å². The number of nitrogens with one attached hydrogen (secondary N) is 6. The Morgan fingerprint density at radius 3 is 2.31 bits per heavy atom. The van der Waals surface area contributed by atoms with Crippen molar-refractivity contribution in [2.45, 2.75) is 83.0 Å². The van der Waals surface area contributed by atoms with Crippen LogP contribution in [0.3, 0.4) is 0 Å². The number of halogens is 1. The smallest absolute Gasteiger partial charge is 0.265 e. The Morgan fingerprint density at radius 1 is 0.875 bits per heavy atom. The van der Waals surface area contributed by atoms with Gasteiger partial charge in [0.2, 0.25) is 29.6 Å². The van der Waals surface area contributed by atoms with Crippen LogP contribution in [0.4, 0.5) is 5.95 Å². The van der Waals surface area contributed by atoms with Crippen molar-refractivity contribution in [1.29, 1.82) is 0 Å². The van der Waals surface area contributed by atoms with Gasteiger partial charge in [0, 0.05) is 55.3 Å². The molecular weight excluding hydrogens is 866 g/mol. The van der Waals surface area contributed by atoms with Gasteiger partial charge in [-0.3, -0.25) is 34.0 Å². The molecule has 21 heteroatoms. The standard InChI is InChI=1S/C43H60ClN11O8S/c1-54-35(18-27-2-3-27)32(22-50-54)39-33(44)23-49-43(53-39)51-30-6-4-28(5-7-30)20-46-25-37(57)47-11-13-62-15-17-63-16-14-61-12-10-45-24-38(58)48-21-31-19-29-26-55(42(60)40(29)64-31)34-8-9-36(56)52-41(34)59/h19,22-23,27-28,30,34,45-46H,2-18,20-21,24-26H2,1H3,(H,47,57)(H,48,58)(H,49,51,53)(H,52,56,59). The van der Waals surface area contributed by atoms with Crippen molar-refractivity contribution in [3.05, 3.63) is 44.5 Å². The van der Waals surface area contributed by atoms with Gasteiger partial charge in [0.25, 0.3) is 5.91 Å². The van der Waals surface area contributed by atoms with E-state index in [0.29, 0.717) is 94.0 Å². The molecule has 0 spiro atoms. The van der Waals surface area contributed by atoms with E-state index >= 15 is 0 Å². The molecule has 0 radical (unpaired) electrons. The number of aromatic nitrogens is 4. The van der Waals surface area contributed by atoms with Gasteiger partial charge in [0.15, 0.2) is 0 Å². The number of hydrogen-bond donors (Lipinski definition) is 6. The summed E-state index contributed by atoms with van der Waals surface area (Å²) in [5.41, 5.74) is 3.70. The van der Waals surface area contributed by atoms with E-state index < -0.39 is 11.9 Å². The van der Waals surface area contributed by atoms with Crippen LogP contribution in [0.5, 0.6) is 0 Å². The summed E-state index contributed by atoms with van der Waals surface area (Å²) in [6.07, 6.45) is 11.7. The van der Waals surface area contributed by atoms with Gasteiger partial charge in [-0.25, -0.2) is 9.97 Å². The third-order valence-corrected chi connectivity index (χ3v) is 13.3. The number of piperidine rings is 1.